The van der Waals surface area contributed by atoms with Crippen molar-refractivity contribution in [2.24, 2.45) is 0 Å². The van der Waals surface area contributed by atoms with Crippen molar-refractivity contribution in [1.29, 1.82) is 0 Å². The predicted octanol–water partition coefficient (Wildman–Crippen LogP) is 3.29. The lowest BCUT2D eigenvalue weighted by atomic mass is 10.1. The Morgan fingerprint density at radius 1 is 0.862 bits per heavy atom. The van der Waals surface area contributed by atoms with Gasteiger partial charge >= 0.3 is 11.9 Å². The lowest BCUT2D eigenvalue weighted by molar-refractivity contribution is -0.159. The van der Waals surface area contributed by atoms with Crippen LogP contribution in [0.2, 0.25) is 0 Å². The third-order valence-corrected chi connectivity index (χ3v) is 3.54. The van der Waals surface area contributed by atoms with E-state index in [9.17, 15) is 0 Å². The maximum atomic E-state index is 9.10. The number of benzene rings is 2. The fraction of sp³-hybridized carbons (Fsp3) is 0.364. The first-order valence-corrected chi connectivity index (χ1v) is 9.27. The number of carbonyl (C=O) groups is 2. The number of hydrogen-bond donors (Lipinski definition) is 3. The first-order chi connectivity index (χ1) is 13.7. The summed E-state index contributed by atoms with van der Waals surface area (Å²) in [6.45, 7) is 9.14. The van der Waals surface area contributed by atoms with Crippen molar-refractivity contribution in [2.45, 2.75) is 26.3 Å². The summed E-state index contributed by atoms with van der Waals surface area (Å²) in [5.41, 5.74) is 2.41. The first-order valence-electron chi connectivity index (χ1n) is 9.27. The van der Waals surface area contributed by atoms with Crippen molar-refractivity contribution < 1.29 is 29.3 Å². The predicted molar refractivity (Wildman–Crippen MR) is 111 cm³/mol. The van der Waals surface area contributed by atoms with Gasteiger partial charge in [-0.15, -0.1) is 0 Å². The van der Waals surface area contributed by atoms with Crippen molar-refractivity contribution in [3.63, 3.8) is 0 Å². The SMILES string of the molecule is CC(C)(C)NCCOCCOc1ccccc1-c1ccccc1.O=C(O)C(=O)O. The standard InChI is InChI=1S/C20H27NO2.C2H2O4/c1-20(2,3)21-13-14-22-15-16-23-19-12-8-7-11-18(19)17-9-5-4-6-10-17;3-1(4)2(5)6/h4-12,21H,13-16H2,1-3H3;(H,3,4)(H,5,6). The van der Waals surface area contributed by atoms with Gasteiger partial charge < -0.3 is 25.0 Å². The highest BCUT2D eigenvalue weighted by Gasteiger charge is 2.07. The van der Waals surface area contributed by atoms with Gasteiger partial charge in [0, 0.05) is 17.6 Å². The molecule has 0 fully saturated rings. The molecule has 0 aliphatic carbocycles. The molecule has 0 saturated carbocycles. The summed E-state index contributed by atoms with van der Waals surface area (Å²) in [6, 6.07) is 18.4. The molecule has 0 atom stereocenters. The molecule has 0 aliphatic rings. The smallest absolute Gasteiger partial charge is 0.414 e. The van der Waals surface area contributed by atoms with Gasteiger partial charge in [-0.3, -0.25) is 0 Å². The van der Waals surface area contributed by atoms with Gasteiger partial charge in [-0.2, -0.15) is 0 Å². The van der Waals surface area contributed by atoms with Crippen LogP contribution in [-0.2, 0) is 14.3 Å². The molecule has 0 heterocycles. The molecule has 7 nitrogen and oxygen atoms in total. The van der Waals surface area contributed by atoms with Crippen molar-refractivity contribution in [1.82, 2.24) is 5.32 Å². The number of ether oxygens (including phenoxy) is 2. The van der Waals surface area contributed by atoms with Gasteiger partial charge in [-0.05, 0) is 32.4 Å². The molecule has 0 aromatic heterocycles. The molecule has 0 saturated heterocycles. The Morgan fingerprint density at radius 2 is 1.45 bits per heavy atom. The molecule has 0 aliphatic heterocycles. The summed E-state index contributed by atoms with van der Waals surface area (Å²) < 4.78 is 11.5. The number of carboxylic acid groups (broad SMARTS) is 2. The highest BCUT2D eigenvalue weighted by molar-refractivity contribution is 6.27. The van der Waals surface area contributed by atoms with Crippen LogP contribution in [0.3, 0.4) is 0 Å². The second-order valence-corrected chi connectivity index (χ2v) is 7.11. The molecular weight excluding hydrogens is 374 g/mol. The minimum Gasteiger partial charge on any atom is -0.491 e. The van der Waals surface area contributed by atoms with Crippen LogP contribution in [0.25, 0.3) is 11.1 Å². The zero-order valence-electron chi connectivity index (χ0n) is 17.1. The largest absolute Gasteiger partial charge is 0.491 e. The average Bonchev–Trinajstić information content (AvgIpc) is 2.68. The Bertz CT molecular complexity index is 743. The quantitative estimate of drug-likeness (QED) is 0.459. The second-order valence-electron chi connectivity index (χ2n) is 7.11. The summed E-state index contributed by atoms with van der Waals surface area (Å²) >= 11 is 0. The Balaban J connectivity index is 0.000000612. The van der Waals surface area contributed by atoms with E-state index in [0.717, 1.165) is 17.9 Å². The fourth-order valence-electron chi connectivity index (χ4n) is 2.26. The van der Waals surface area contributed by atoms with Crippen LogP contribution in [0, 0.1) is 0 Å². The Hall–Kier alpha value is -2.90. The van der Waals surface area contributed by atoms with Gasteiger partial charge in [-0.25, -0.2) is 9.59 Å². The van der Waals surface area contributed by atoms with Gasteiger partial charge in [0.2, 0.25) is 0 Å². The highest BCUT2D eigenvalue weighted by Crippen LogP contribution is 2.29. The maximum absolute atomic E-state index is 9.10. The molecule has 7 heteroatoms. The Kier molecular flexibility index (Phi) is 10.4. The molecule has 3 N–H and O–H groups in total. The topological polar surface area (TPSA) is 105 Å². The normalized spacial score (nSPS) is 10.6. The Morgan fingerprint density at radius 3 is 2.03 bits per heavy atom. The maximum Gasteiger partial charge on any atom is 0.414 e. The van der Waals surface area contributed by atoms with Crippen LogP contribution in [0.1, 0.15) is 20.8 Å². The van der Waals surface area contributed by atoms with E-state index in [2.05, 4.69) is 44.3 Å². The zero-order chi connectivity index (χ0) is 21.7. The van der Waals surface area contributed by atoms with E-state index in [4.69, 9.17) is 29.3 Å². The number of aliphatic carboxylic acids is 2. The molecule has 0 bridgehead atoms. The van der Waals surface area contributed by atoms with E-state index >= 15 is 0 Å². The van der Waals surface area contributed by atoms with E-state index < -0.39 is 11.9 Å². The van der Waals surface area contributed by atoms with Gasteiger partial charge in [0.1, 0.15) is 12.4 Å². The third kappa shape index (κ3) is 10.9. The number of rotatable bonds is 8. The molecule has 29 heavy (non-hydrogen) atoms. The molecule has 158 valence electrons. The van der Waals surface area contributed by atoms with Crippen LogP contribution in [0.5, 0.6) is 5.75 Å². The van der Waals surface area contributed by atoms with Gasteiger partial charge in [-0.1, -0.05) is 48.5 Å². The fourth-order valence-corrected chi connectivity index (χ4v) is 2.26. The van der Waals surface area contributed by atoms with Crippen LogP contribution >= 0.6 is 0 Å². The van der Waals surface area contributed by atoms with Crippen LogP contribution < -0.4 is 10.1 Å². The number of hydrogen-bond acceptors (Lipinski definition) is 5. The molecule has 2 aromatic rings. The summed E-state index contributed by atoms with van der Waals surface area (Å²) in [6.07, 6.45) is 0. The number of para-hydroxylation sites is 1. The molecule has 2 rings (SSSR count). The lowest BCUT2D eigenvalue weighted by Gasteiger charge is -2.20. The molecule has 0 radical (unpaired) electrons. The van der Waals surface area contributed by atoms with Gasteiger partial charge in [0.25, 0.3) is 0 Å². The van der Waals surface area contributed by atoms with Gasteiger partial charge in [0.15, 0.2) is 0 Å². The van der Waals surface area contributed by atoms with E-state index in [0.29, 0.717) is 19.8 Å². The van der Waals surface area contributed by atoms with E-state index in [-0.39, 0.29) is 5.54 Å². The Labute approximate surface area is 171 Å². The highest BCUT2D eigenvalue weighted by atomic mass is 16.5. The molecule has 0 amide bonds. The first kappa shape index (κ1) is 24.1. The summed E-state index contributed by atoms with van der Waals surface area (Å²) in [5.74, 6) is -2.75. The summed E-state index contributed by atoms with van der Waals surface area (Å²) in [5, 5.41) is 18.2. The minimum atomic E-state index is -1.82. The van der Waals surface area contributed by atoms with Crippen molar-refractivity contribution in [3.05, 3.63) is 54.6 Å². The number of nitrogens with one attached hydrogen (secondary N) is 1. The summed E-state index contributed by atoms with van der Waals surface area (Å²) in [7, 11) is 0. The van der Waals surface area contributed by atoms with Crippen LogP contribution in [0.4, 0.5) is 0 Å². The molecule has 2 aromatic carbocycles. The van der Waals surface area contributed by atoms with Crippen LogP contribution in [-0.4, -0.2) is 54.1 Å². The zero-order valence-corrected chi connectivity index (χ0v) is 17.1. The molecular formula is C22H29NO6. The van der Waals surface area contributed by atoms with Crippen LogP contribution in [0.15, 0.2) is 54.6 Å². The number of carboxylic acids is 2. The second kappa shape index (κ2) is 12.5. The monoisotopic (exact) mass is 403 g/mol. The minimum absolute atomic E-state index is 0.133. The van der Waals surface area contributed by atoms with E-state index in [1.807, 2.05) is 36.4 Å². The summed E-state index contributed by atoms with van der Waals surface area (Å²) in [4.78, 5) is 18.2. The molecule has 0 spiro atoms. The molecule has 0 unspecified atom stereocenters. The van der Waals surface area contributed by atoms with Crippen molar-refractivity contribution in [3.8, 4) is 16.9 Å². The van der Waals surface area contributed by atoms with Crippen molar-refractivity contribution in [2.75, 3.05) is 26.4 Å². The van der Waals surface area contributed by atoms with Crippen molar-refractivity contribution >= 4 is 11.9 Å². The lowest BCUT2D eigenvalue weighted by Crippen LogP contribution is -2.38. The van der Waals surface area contributed by atoms with E-state index in [1.54, 1.807) is 0 Å². The average molecular weight is 403 g/mol. The third-order valence-electron chi connectivity index (χ3n) is 3.54. The van der Waals surface area contributed by atoms with Gasteiger partial charge in [0.05, 0.1) is 13.2 Å². The van der Waals surface area contributed by atoms with E-state index in [1.165, 1.54) is 5.56 Å².